The number of fused-ring (bicyclic) bond motifs is 3. The minimum atomic E-state index is -2.34. The zero-order valence-corrected chi connectivity index (χ0v) is 31.9. The van der Waals surface area contributed by atoms with E-state index in [4.69, 9.17) is 8.53 Å². The van der Waals surface area contributed by atoms with Gasteiger partial charge in [0, 0.05) is 47.8 Å². The van der Waals surface area contributed by atoms with Crippen molar-refractivity contribution in [3.05, 3.63) is 114 Å². The Morgan fingerprint density at radius 3 is 2.36 bits per heavy atom. The molecule has 247 valence electrons. The molecule has 0 aliphatic heterocycles. The van der Waals surface area contributed by atoms with Crippen LogP contribution in [0, 0.1) is 36.1 Å². The Morgan fingerprint density at radius 2 is 1.68 bits per heavy atom. The average molecular weight is 824 g/mol. The first kappa shape index (κ1) is 32.1. The third-order valence-electron chi connectivity index (χ3n) is 7.73. The zero-order valence-electron chi connectivity index (χ0n) is 31.5. The second kappa shape index (κ2) is 14.8. The van der Waals surface area contributed by atoms with Crippen molar-refractivity contribution < 1.29 is 33.0 Å². The van der Waals surface area contributed by atoms with Gasteiger partial charge in [-0.1, -0.05) is 119 Å². The van der Waals surface area contributed by atoms with Crippen molar-refractivity contribution in [3.8, 4) is 22.5 Å². The van der Waals surface area contributed by atoms with Crippen LogP contribution in [0.15, 0.2) is 83.5 Å². The molecule has 6 heteroatoms. The molecule has 0 N–H and O–H groups in total. The number of benzene rings is 3. The van der Waals surface area contributed by atoms with Crippen LogP contribution in [0.1, 0.15) is 55.4 Å². The maximum atomic E-state index is 14.5. The van der Waals surface area contributed by atoms with Gasteiger partial charge in [0.05, 0.1) is 13.7 Å². The van der Waals surface area contributed by atoms with Gasteiger partial charge in [0.15, 0.2) is 0 Å². The number of pyridine rings is 2. The van der Waals surface area contributed by atoms with Crippen LogP contribution in [0.5, 0.6) is 0 Å². The molecule has 0 amide bonds. The van der Waals surface area contributed by atoms with Gasteiger partial charge < -0.3 is 14.4 Å². The predicted molar refractivity (Wildman–Crippen MR) is 194 cm³/mol. The maximum absolute atomic E-state index is 14.5. The van der Waals surface area contributed by atoms with E-state index >= 15 is 0 Å². The molecule has 47 heavy (non-hydrogen) atoms. The van der Waals surface area contributed by atoms with E-state index in [0.29, 0.717) is 11.6 Å². The van der Waals surface area contributed by atoms with E-state index in [0.717, 1.165) is 52.1 Å². The smallest absolute Gasteiger partial charge is 0.120 e. The zero-order chi connectivity index (χ0) is 35.7. The van der Waals surface area contributed by atoms with Gasteiger partial charge in [0.25, 0.3) is 0 Å². The van der Waals surface area contributed by atoms with E-state index < -0.39 is 20.7 Å². The van der Waals surface area contributed by atoms with E-state index in [1.165, 1.54) is 22.4 Å². The van der Waals surface area contributed by atoms with Gasteiger partial charge >= 0.3 is 0 Å². The minimum absolute atomic E-state index is 0. The Bertz CT molecular complexity index is 2100. The molecule has 0 unspecified atom stereocenters. The normalized spacial score (nSPS) is 13.0. The summed E-state index contributed by atoms with van der Waals surface area (Å²) in [5.74, 6) is -0.116. The summed E-state index contributed by atoms with van der Waals surface area (Å²) in [6.45, 7) is 15.5. The second-order valence-corrected chi connectivity index (χ2v) is 19.7. The van der Waals surface area contributed by atoms with Crippen LogP contribution in [-0.2, 0) is 32.9 Å². The van der Waals surface area contributed by atoms with E-state index in [-0.39, 0.29) is 36.6 Å². The van der Waals surface area contributed by atoms with Crippen LogP contribution in [-0.4, -0.2) is 18.0 Å². The number of nitrogens with zero attached hydrogens (tertiary/aromatic N) is 2. The van der Waals surface area contributed by atoms with Crippen LogP contribution in [0.4, 0.5) is 4.39 Å². The number of aryl methyl sites for hydroxylation is 1. The molecule has 0 fully saturated rings. The fourth-order valence-electron chi connectivity index (χ4n) is 5.80. The number of halogens is 1. The van der Waals surface area contributed by atoms with Crippen molar-refractivity contribution in [1.29, 1.82) is 0 Å². The minimum Gasteiger partial charge on any atom is -0.501 e. The number of hydrogen-bond acceptors (Lipinski definition) is 3. The number of para-hydroxylation sites is 1. The Hall–Kier alpha value is -3.44. The summed E-state index contributed by atoms with van der Waals surface area (Å²) >= 11 is 0. The Morgan fingerprint density at radius 1 is 0.936 bits per heavy atom. The third kappa shape index (κ3) is 8.93. The van der Waals surface area contributed by atoms with Crippen molar-refractivity contribution >= 4 is 35.2 Å². The summed E-state index contributed by atoms with van der Waals surface area (Å²) in [5.41, 5.74) is 7.02. The molecule has 0 atom stereocenters. The summed E-state index contributed by atoms with van der Waals surface area (Å²) < 4.78 is 42.8. The molecule has 3 nitrogen and oxygen atoms in total. The van der Waals surface area contributed by atoms with Gasteiger partial charge in [-0.25, -0.2) is 0 Å². The van der Waals surface area contributed by atoms with Crippen molar-refractivity contribution in [2.45, 2.75) is 74.0 Å². The van der Waals surface area contributed by atoms with E-state index in [2.05, 4.69) is 101 Å². The molecule has 0 saturated heterocycles. The van der Waals surface area contributed by atoms with Crippen molar-refractivity contribution in [1.82, 2.24) is 9.97 Å². The Balaban J connectivity index is 0.000000220. The van der Waals surface area contributed by atoms with Gasteiger partial charge in [-0.05, 0) is 52.9 Å². The molecule has 3 aromatic heterocycles. The molecule has 6 rings (SSSR count). The average Bonchev–Trinajstić information content (AvgIpc) is 3.38. The SMILES string of the molecule is CC(C)(C)Cc1ccnc(-c2[c-]ccc3c2oc2ccccc23)c1.[2H]C([2H])([2H])c1c[c-]c(-c2cc(CC(C)C)c([Si](C)(C)C)cn2)c(F)c1.[Ir]. The molecular weight excluding hydrogens is 776 g/mol. The largest absolute Gasteiger partial charge is 0.501 e. The topological polar surface area (TPSA) is 38.9 Å². The molecule has 0 bridgehead atoms. The number of hydrogen-bond donors (Lipinski definition) is 0. The number of aromatic nitrogens is 2. The molecule has 3 heterocycles. The van der Waals surface area contributed by atoms with Gasteiger partial charge in [-0.3, -0.25) is 4.39 Å². The van der Waals surface area contributed by atoms with Gasteiger partial charge in [0.1, 0.15) is 5.58 Å². The van der Waals surface area contributed by atoms with Crippen molar-refractivity contribution in [2.75, 3.05) is 0 Å². The second-order valence-electron chi connectivity index (χ2n) is 14.7. The van der Waals surface area contributed by atoms with Gasteiger partial charge in [0.2, 0.25) is 0 Å². The summed E-state index contributed by atoms with van der Waals surface area (Å²) in [6, 6.07) is 26.8. The van der Waals surface area contributed by atoms with Gasteiger partial charge in [-0.2, -0.15) is 0 Å². The fourth-order valence-corrected chi connectivity index (χ4v) is 7.39. The molecule has 1 radical (unpaired) electrons. The predicted octanol–water partition coefficient (Wildman–Crippen LogP) is 10.8. The van der Waals surface area contributed by atoms with Crippen LogP contribution in [0.25, 0.3) is 44.5 Å². The summed E-state index contributed by atoms with van der Waals surface area (Å²) in [5, 5.41) is 3.53. The van der Waals surface area contributed by atoms with Crippen LogP contribution >= 0.6 is 0 Å². The molecular formula is C41H45FIrN2OSi-2. The number of furan rings is 1. The fraction of sp³-hybridized carbons (Fsp3) is 0.317. The van der Waals surface area contributed by atoms with Crippen LogP contribution in [0.2, 0.25) is 19.6 Å². The standard InChI is InChI=1S/C22H20NO.C19H25FNSi.Ir/c1-22(2,3)14-15-11-12-23-19(13-15)18-9-6-8-17-16-7-4-5-10-20(16)24-21(17)18;1-13(2)9-15-11-18(21-12-19(15)22(4,5)6)16-8-7-14(3)10-17(16)20;/h4-8,10-13H,14H2,1-3H3;7,10-13H,9H2,1-6H3;/q2*-1;/i;3D3;. The number of rotatable bonds is 6. The maximum Gasteiger partial charge on any atom is 0.120 e. The molecule has 3 aromatic carbocycles. The first-order valence-electron chi connectivity index (χ1n) is 17.4. The summed E-state index contributed by atoms with van der Waals surface area (Å²) in [7, 11) is -1.56. The Kier molecular flexibility index (Phi) is 10.1. The molecule has 0 saturated carbocycles. The summed E-state index contributed by atoms with van der Waals surface area (Å²) in [4.78, 5) is 9.03. The van der Waals surface area contributed by atoms with E-state index in [9.17, 15) is 4.39 Å². The molecule has 0 spiro atoms. The van der Waals surface area contributed by atoms with Crippen molar-refractivity contribution in [2.24, 2.45) is 11.3 Å². The molecule has 0 aliphatic rings. The molecule has 0 aliphatic carbocycles. The summed E-state index contributed by atoms with van der Waals surface area (Å²) in [6.07, 6.45) is 5.67. The first-order valence-corrected chi connectivity index (χ1v) is 19.4. The molecule has 6 aromatic rings. The van der Waals surface area contributed by atoms with E-state index in [1.54, 1.807) is 0 Å². The van der Waals surface area contributed by atoms with Crippen LogP contribution < -0.4 is 5.19 Å². The monoisotopic (exact) mass is 824 g/mol. The van der Waals surface area contributed by atoms with Crippen LogP contribution in [0.3, 0.4) is 0 Å². The van der Waals surface area contributed by atoms with Gasteiger partial charge in [-0.15, -0.1) is 42.0 Å². The third-order valence-corrected chi connectivity index (χ3v) is 9.79. The first-order chi connectivity index (χ1) is 22.9. The van der Waals surface area contributed by atoms with E-state index in [1.807, 2.05) is 42.7 Å². The Labute approximate surface area is 298 Å². The van der Waals surface area contributed by atoms with Crippen molar-refractivity contribution in [3.63, 3.8) is 0 Å². The quantitative estimate of drug-likeness (QED) is 0.124.